The topological polar surface area (TPSA) is 30.5 Å². The molecule has 96 valence electrons. The monoisotopic (exact) mass is 237 g/mol. The van der Waals surface area contributed by atoms with Gasteiger partial charge in [-0.1, -0.05) is 19.1 Å². The third-order valence-corrected chi connectivity index (χ3v) is 2.59. The van der Waals surface area contributed by atoms with E-state index in [0.29, 0.717) is 0 Å². The van der Waals surface area contributed by atoms with Crippen LogP contribution < -0.4 is 10.1 Å². The molecular formula is C14H23NO2. The average molecular weight is 237 g/mol. The van der Waals surface area contributed by atoms with E-state index in [4.69, 9.17) is 9.47 Å². The summed E-state index contributed by atoms with van der Waals surface area (Å²) >= 11 is 0. The summed E-state index contributed by atoms with van der Waals surface area (Å²) in [5.74, 6) is 0.877. The van der Waals surface area contributed by atoms with Crippen LogP contribution in [0, 0.1) is 0 Å². The molecule has 0 aliphatic heterocycles. The smallest absolute Gasteiger partial charge is 0.119 e. The summed E-state index contributed by atoms with van der Waals surface area (Å²) in [6.45, 7) is 6.76. The van der Waals surface area contributed by atoms with Crippen LogP contribution in [-0.4, -0.2) is 26.8 Å². The zero-order valence-corrected chi connectivity index (χ0v) is 11.0. The van der Waals surface area contributed by atoms with Gasteiger partial charge >= 0.3 is 0 Å². The van der Waals surface area contributed by atoms with Crippen LogP contribution in [0.5, 0.6) is 5.75 Å². The number of nitrogens with one attached hydrogen (secondary N) is 1. The first-order valence-electron chi connectivity index (χ1n) is 6.28. The molecule has 0 bridgehead atoms. The Hall–Kier alpha value is -1.06. The molecule has 0 fully saturated rings. The lowest BCUT2D eigenvalue weighted by molar-refractivity contribution is 0.0623. The predicted octanol–water partition coefficient (Wildman–Crippen LogP) is 2.77. The minimum absolute atomic E-state index is 0.0987. The van der Waals surface area contributed by atoms with Crippen molar-refractivity contribution in [3.05, 3.63) is 29.8 Å². The van der Waals surface area contributed by atoms with E-state index in [1.54, 1.807) is 7.11 Å². The van der Waals surface area contributed by atoms with Crippen LogP contribution in [0.4, 0.5) is 0 Å². The standard InChI is InChI=1S/C14H23NO2/c1-4-9-15-11-14(17-5-2)12-7-6-8-13(10-12)16-3/h6-8,10,14-15H,4-5,9,11H2,1-3H3. The molecule has 1 aromatic rings. The van der Waals surface area contributed by atoms with E-state index in [9.17, 15) is 0 Å². The Labute approximate surface area is 104 Å². The van der Waals surface area contributed by atoms with Crippen molar-refractivity contribution in [2.75, 3.05) is 26.8 Å². The second kappa shape index (κ2) is 8.09. The highest BCUT2D eigenvalue weighted by Gasteiger charge is 2.11. The van der Waals surface area contributed by atoms with E-state index in [-0.39, 0.29) is 6.10 Å². The fourth-order valence-corrected chi connectivity index (χ4v) is 1.73. The molecule has 0 aromatic heterocycles. The molecule has 1 N–H and O–H groups in total. The molecule has 0 saturated heterocycles. The summed E-state index contributed by atoms with van der Waals surface area (Å²) in [5, 5.41) is 3.39. The lowest BCUT2D eigenvalue weighted by Crippen LogP contribution is -2.24. The summed E-state index contributed by atoms with van der Waals surface area (Å²) in [7, 11) is 1.68. The molecule has 0 saturated carbocycles. The maximum Gasteiger partial charge on any atom is 0.119 e. The molecule has 3 nitrogen and oxygen atoms in total. The summed E-state index contributed by atoms with van der Waals surface area (Å²) in [6, 6.07) is 8.07. The first-order chi connectivity index (χ1) is 8.31. The normalized spacial score (nSPS) is 12.4. The van der Waals surface area contributed by atoms with E-state index < -0.39 is 0 Å². The fraction of sp³-hybridized carbons (Fsp3) is 0.571. The van der Waals surface area contributed by atoms with Gasteiger partial charge in [0.25, 0.3) is 0 Å². The van der Waals surface area contributed by atoms with Gasteiger partial charge in [-0.2, -0.15) is 0 Å². The number of hydrogen-bond acceptors (Lipinski definition) is 3. The second-order valence-corrected chi connectivity index (χ2v) is 3.92. The third-order valence-electron chi connectivity index (χ3n) is 2.59. The molecule has 0 spiro atoms. The van der Waals surface area contributed by atoms with Crippen molar-refractivity contribution in [2.24, 2.45) is 0 Å². The molecular weight excluding hydrogens is 214 g/mol. The molecule has 0 amide bonds. The molecule has 1 aromatic carbocycles. The van der Waals surface area contributed by atoms with E-state index in [1.165, 1.54) is 0 Å². The molecule has 17 heavy (non-hydrogen) atoms. The Kier molecular flexibility index (Phi) is 6.67. The highest BCUT2D eigenvalue weighted by atomic mass is 16.5. The van der Waals surface area contributed by atoms with Gasteiger partial charge in [-0.05, 0) is 37.6 Å². The number of benzene rings is 1. The number of hydrogen-bond donors (Lipinski definition) is 1. The fourth-order valence-electron chi connectivity index (χ4n) is 1.73. The van der Waals surface area contributed by atoms with Crippen molar-refractivity contribution >= 4 is 0 Å². The Bertz CT molecular complexity index is 315. The summed E-state index contributed by atoms with van der Waals surface area (Å²) in [5.41, 5.74) is 1.16. The van der Waals surface area contributed by atoms with Gasteiger partial charge in [0.1, 0.15) is 5.75 Å². The molecule has 0 heterocycles. The molecule has 0 radical (unpaired) electrons. The second-order valence-electron chi connectivity index (χ2n) is 3.92. The number of rotatable bonds is 8. The van der Waals surface area contributed by atoms with Gasteiger partial charge in [0.2, 0.25) is 0 Å². The first-order valence-corrected chi connectivity index (χ1v) is 6.28. The molecule has 1 unspecified atom stereocenters. The van der Waals surface area contributed by atoms with Gasteiger partial charge in [0.05, 0.1) is 13.2 Å². The maximum absolute atomic E-state index is 5.76. The van der Waals surface area contributed by atoms with Crippen LogP contribution >= 0.6 is 0 Å². The van der Waals surface area contributed by atoms with Gasteiger partial charge in [0, 0.05) is 13.2 Å². The Morgan fingerprint density at radius 2 is 2.12 bits per heavy atom. The minimum Gasteiger partial charge on any atom is -0.497 e. The van der Waals surface area contributed by atoms with E-state index in [0.717, 1.165) is 37.4 Å². The van der Waals surface area contributed by atoms with Crippen LogP contribution in [-0.2, 0) is 4.74 Å². The highest BCUT2D eigenvalue weighted by Crippen LogP contribution is 2.21. The maximum atomic E-state index is 5.76. The van der Waals surface area contributed by atoms with E-state index in [1.807, 2.05) is 25.1 Å². The van der Waals surface area contributed by atoms with Gasteiger partial charge < -0.3 is 14.8 Å². The van der Waals surface area contributed by atoms with Gasteiger partial charge in [0.15, 0.2) is 0 Å². The Morgan fingerprint density at radius 1 is 1.29 bits per heavy atom. The van der Waals surface area contributed by atoms with Crippen molar-refractivity contribution in [3.8, 4) is 5.75 Å². The summed E-state index contributed by atoms with van der Waals surface area (Å²) < 4.78 is 11.0. The molecule has 0 aliphatic carbocycles. The summed E-state index contributed by atoms with van der Waals surface area (Å²) in [6.07, 6.45) is 1.23. The number of ether oxygens (including phenoxy) is 2. The zero-order valence-electron chi connectivity index (χ0n) is 11.0. The van der Waals surface area contributed by atoms with Gasteiger partial charge in [-0.15, -0.1) is 0 Å². The van der Waals surface area contributed by atoms with Crippen molar-refractivity contribution in [3.63, 3.8) is 0 Å². The highest BCUT2D eigenvalue weighted by molar-refractivity contribution is 5.30. The zero-order chi connectivity index (χ0) is 12.5. The van der Waals surface area contributed by atoms with Crippen molar-refractivity contribution in [1.82, 2.24) is 5.32 Å². The molecule has 0 aliphatic rings. The first kappa shape index (κ1) is 14.0. The largest absolute Gasteiger partial charge is 0.497 e. The van der Waals surface area contributed by atoms with Gasteiger partial charge in [-0.3, -0.25) is 0 Å². The van der Waals surface area contributed by atoms with Crippen molar-refractivity contribution < 1.29 is 9.47 Å². The van der Waals surface area contributed by atoms with E-state index in [2.05, 4.69) is 18.3 Å². The number of methoxy groups -OCH3 is 1. The van der Waals surface area contributed by atoms with Crippen molar-refractivity contribution in [2.45, 2.75) is 26.4 Å². The van der Waals surface area contributed by atoms with E-state index >= 15 is 0 Å². The van der Waals surface area contributed by atoms with Crippen LogP contribution in [0.25, 0.3) is 0 Å². The lowest BCUT2D eigenvalue weighted by atomic mass is 10.1. The quantitative estimate of drug-likeness (QED) is 0.705. The van der Waals surface area contributed by atoms with Crippen LogP contribution in [0.2, 0.25) is 0 Å². The van der Waals surface area contributed by atoms with Crippen LogP contribution in [0.1, 0.15) is 31.9 Å². The summed E-state index contributed by atoms with van der Waals surface area (Å²) in [4.78, 5) is 0. The van der Waals surface area contributed by atoms with Crippen LogP contribution in [0.15, 0.2) is 24.3 Å². The Balaban J connectivity index is 2.66. The van der Waals surface area contributed by atoms with Crippen molar-refractivity contribution in [1.29, 1.82) is 0 Å². The van der Waals surface area contributed by atoms with Gasteiger partial charge in [-0.25, -0.2) is 0 Å². The third kappa shape index (κ3) is 4.75. The molecule has 1 rings (SSSR count). The minimum atomic E-state index is 0.0987. The predicted molar refractivity (Wildman–Crippen MR) is 70.5 cm³/mol. The SMILES string of the molecule is CCCNCC(OCC)c1cccc(OC)c1. The molecule has 1 atom stereocenters. The Morgan fingerprint density at radius 3 is 2.76 bits per heavy atom. The lowest BCUT2D eigenvalue weighted by Gasteiger charge is -2.18. The van der Waals surface area contributed by atoms with Crippen LogP contribution in [0.3, 0.4) is 0 Å². The molecule has 3 heteroatoms. The average Bonchev–Trinajstić information content (AvgIpc) is 2.38.